The van der Waals surface area contributed by atoms with Crippen LogP contribution in [-0.4, -0.2) is 0 Å². The van der Waals surface area contributed by atoms with Crippen molar-refractivity contribution in [1.29, 1.82) is 5.26 Å². The highest BCUT2D eigenvalue weighted by Crippen LogP contribution is 2.21. The standard InChI is InChI=1S/C13H10FN3/c14-10-5-11(16)7-13(6-10)17-12-3-1-2-9(4-12)8-15/h1-7,17H,16H2. The minimum atomic E-state index is -0.399. The molecule has 0 unspecified atom stereocenters. The van der Waals surface area contributed by atoms with Gasteiger partial charge in [0.25, 0.3) is 0 Å². The number of nitriles is 1. The van der Waals surface area contributed by atoms with E-state index in [0.717, 1.165) is 0 Å². The van der Waals surface area contributed by atoms with Gasteiger partial charge in [-0.25, -0.2) is 4.39 Å². The molecule has 4 heteroatoms. The van der Waals surface area contributed by atoms with Crippen molar-refractivity contribution in [2.45, 2.75) is 0 Å². The van der Waals surface area contributed by atoms with Crippen LogP contribution in [0.15, 0.2) is 42.5 Å². The Hall–Kier alpha value is -2.54. The van der Waals surface area contributed by atoms with E-state index in [1.807, 2.05) is 6.07 Å². The quantitative estimate of drug-likeness (QED) is 0.775. The molecule has 0 atom stereocenters. The third kappa shape index (κ3) is 2.73. The molecule has 0 spiro atoms. The van der Waals surface area contributed by atoms with E-state index in [-0.39, 0.29) is 0 Å². The maximum atomic E-state index is 13.1. The molecule has 0 saturated carbocycles. The van der Waals surface area contributed by atoms with Crippen LogP contribution in [0.3, 0.4) is 0 Å². The molecule has 2 rings (SSSR count). The Labute approximate surface area is 98.3 Å². The number of halogens is 1. The van der Waals surface area contributed by atoms with Gasteiger partial charge in [0, 0.05) is 17.1 Å². The first-order chi connectivity index (χ1) is 8.17. The summed E-state index contributed by atoms with van der Waals surface area (Å²) < 4.78 is 13.1. The zero-order valence-electron chi connectivity index (χ0n) is 8.94. The summed E-state index contributed by atoms with van der Waals surface area (Å²) >= 11 is 0. The Morgan fingerprint density at radius 2 is 1.94 bits per heavy atom. The van der Waals surface area contributed by atoms with Gasteiger partial charge >= 0.3 is 0 Å². The van der Waals surface area contributed by atoms with E-state index in [1.165, 1.54) is 12.1 Å². The van der Waals surface area contributed by atoms with Crippen LogP contribution in [0.5, 0.6) is 0 Å². The molecular formula is C13H10FN3. The van der Waals surface area contributed by atoms with Gasteiger partial charge in [-0.2, -0.15) is 5.26 Å². The SMILES string of the molecule is N#Cc1cccc(Nc2cc(N)cc(F)c2)c1. The number of nitrogens with zero attached hydrogens (tertiary/aromatic N) is 1. The van der Waals surface area contributed by atoms with Crippen molar-refractivity contribution in [3.8, 4) is 6.07 Å². The molecule has 2 aromatic rings. The molecule has 0 aromatic heterocycles. The molecule has 0 amide bonds. The first kappa shape index (κ1) is 11.0. The van der Waals surface area contributed by atoms with Crippen molar-refractivity contribution in [1.82, 2.24) is 0 Å². The van der Waals surface area contributed by atoms with Crippen LogP contribution in [0.4, 0.5) is 21.5 Å². The van der Waals surface area contributed by atoms with Gasteiger partial charge in [-0.15, -0.1) is 0 Å². The van der Waals surface area contributed by atoms with Crippen LogP contribution in [0.2, 0.25) is 0 Å². The van der Waals surface area contributed by atoms with Crippen LogP contribution >= 0.6 is 0 Å². The summed E-state index contributed by atoms with van der Waals surface area (Å²) in [5, 5.41) is 11.7. The van der Waals surface area contributed by atoms with Gasteiger partial charge < -0.3 is 11.1 Å². The van der Waals surface area contributed by atoms with Crippen molar-refractivity contribution in [3.63, 3.8) is 0 Å². The fraction of sp³-hybridized carbons (Fsp3) is 0. The smallest absolute Gasteiger partial charge is 0.127 e. The zero-order valence-corrected chi connectivity index (χ0v) is 8.94. The summed E-state index contributed by atoms with van der Waals surface area (Å²) in [7, 11) is 0. The summed E-state index contributed by atoms with van der Waals surface area (Å²) in [5.41, 5.74) is 7.70. The molecule has 17 heavy (non-hydrogen) atoms. The number of anilines is 3. The molecule has 0 aliphatic rings. The van der Waals surface area contributed by atoms with Gasteiger partial charge in [0.15, 0.2) is 0 Å². The summed E-state index contributed by atoms with van der Waals surface area (Å²) in [6.45, 7) is 0. The fourth-order valence-corrected chi connectivity index (χ4v) is 1.52. The Morgan fingerprint density at radius 3 is 2.65 bits per heavy atom. The molecule has 0 aliphatic heterocycles. The van der Waals surface area contributed by atoms with Gasteiger partial charge in [0.2, 0.25) is 0 Å². The average molecular weight is 227 g/mol. The molecular weight excluding hydrogens is 217 g/mol. The minimum absolute atomic E-state index is 0.351. The van der Waals surface area contributed by atoms with Crippen LogP contribution in [-0.2, 0) is 0 Å². The first-order valence-corrected chi connectivity index (χ1v) is 5.00. The molecule has 0 bridgehead atoms. The number of rotatable bonds is 2. The predicted octanol–water partition coefficient (Wildman–Crippen LogP) is 3.02. The predicted molar refractivity (Wildman–Crippen MR) is 65.3 cm³/mol. The highest BCUT2D eigenvalue weighted by molar-refractivity contribution is 5.64. The molecule has 3 N–H and O–H groups in total. The van der Waals surface area contributed by atoms with Crippen molar-refractivity contribution in [3.05, 3.63) is 53.8 Å². The third-order valence-electron chi connectivity index (χ3n) is 2.20. The second-order valence-electron chi connectivity index (χ2n) is 3.59. The Balaban J connectivity index is 2.28. The van der Waals surface area contributed by atoms with Gasteiger partial charge in [0.05, 0.1) is 11.6 Å². The lowest BCUT2D eigenvalue weighted by atomic mass is 10.2. The van der Waals surface area contributed by atoms with Crippen molar-refractivity contribution < 1.29 is 4.39 Å². The molecule has 0 aliphatic carbocycles. The average Bonchev–Trinajstić information content (AvgIpc) is 2.28. The van der Waals surface area contributed by atoms with E-state index >= 15 is 0 Å². The first-order valence-electron chi connectivity index (χ1n) is 5.00. The highest BCUT2D eigenvalue weighted by atomic mass is 19.1. The van der Waals surface area contributed by atoms with Crippen LogP contribution in [0, 0.1) is 17.1 Å². The lowest BCUT2D eigenvalue weighted by Gasteiger charge is -2.07. The number of nitrogens with two attached hydrogens (primary N) is 1. The van der Waals surface area contributed by atoms with E-state index in [9.17, 15) is 4.39 Å². The lowest BCUT2D eigenvalue weighted by Crippen LogP contribution is -1.94. The van der Waals surface area contributed by atoms with Crippen molar-refractivity contribution >= 4 is 17.1 Å². The molecule has 84 valence electrons. The van der Waals surface area contributed by atoms with E-state index in [2.05, 4.69) is 5.32 Å². The Kier molecular flexibility index (Phi) is 2.93. The maximum absolute atomic E-state index is 13.1. The van der Waals surface area contributed by atoms with Gasteiger partial charge in [-0.3, -0.25) is 0 Å². The van der Waals surface area contributed by atoms with Gasteiger partial charge in [-0.1, -0.05) is 6.07 Å². The molecule has 0 saturated heterocycles. The van der Waals surface area contributed by atoms with E-state index in [4.69, 9.17) is 11.0 Å². The van der Waals surface area contributed by atoms with Gasteiger partial charge in [0.1, 0.15) is 5.82 Å². The van der Waals surface area contributed by atoms with E-state index in [0.29, 0.717) is 22.6 Å². The number of hydrogen-bond acceptors (Lipinski definition) is 3. The summed E-state index contributed by atoms with van der Waals surface area (Å²) in [6, 6.07) is 13.2. The fourth-order valence-electron chi connectivity index (χ4n) is 1.52. The monoisotopic (exact) mass is 227 g/mol. The molecule has 2 aromatic carbocycles. The third-order valence-corrected chi connectivity index (χ3v) is 2.20. The topological polar surface area (TPSA) is 61.8 Å². The minimum Gasteiger partial charge on any atom is -0.399 e. The number of hydrogen-bond donors (Lipinski definition) is 2. The largest absolute Gasteiger partial charge is 0.399 e. The summed E-state index contributed by atoms with van der Waals surface area (Å²) in [6.07, 6.45) is 0. The second-order valence-corrected chi connectivity index (χ2v) is 3.59. The number of nitrogens with one attached hydrogen (secondary N) is 1. The van der Waals surface area contributed by atoms with Crippen molar-refractivity contribution in [2.75, 3.05) is 11.1 Å². The molecule has 0 fully saturated rings. The molecule has 3 nitrogen and oxygen atoms in total. The van der Waals surface area contributed by atoms with Crippen LogP contribution in [0.25, 0.3) is 0 Å². The van der Waals surface area contributed by atoms with Crippen molar-refractivity contribution in [2.24, 2.45) is 0 Å². The van der Waals surface area contributed by atoms with E-state index < -0.39 is 5.82 Å². The maximum Gasteiger partial charge on any atom is 0.127 e. The lowest BCUT2D eigenvalue weighted by molar-refractivity contribution is 0.629. The molecule has 0 heterocycles. The van der Waals surface area contributed by atoms with Crippen LogP contribution < -0.4 is 11.1 Å². The zero-order chi connectivity index (χ0) is 12.3. The Bertz CT molecular complexity index is 567. The summed E-state index contributed by atoms with van der Waals surface area (Å²) in [4.78, 5) is 0. The second kappa shape index (κ2) is 4.54. The normalized spacial score (nSPS) is 9.65. The molecule has 0 radical (unpaired) electrons. The Morgan fingerprint density at radius 1 is 1.12 bits per heavy atom. The highest BCUT2D eigenvalue weighted by Gasteiger charge is 2.00. The van der Waals surface area contributed by atoms with E-state index in [1.54, 1.807) is 30.3 Å². The van der Waals surface area contributed by atoms with Crippen LogP contribution in [0.1, 0.15) is 5.56 Å². The summed E-state index contributed by atoms with van der Waals surface area (Å²) in [5.74, 6) is -0.399. The number of benzene rings is 2. The number of nitrogen functional groups attached to an aromatic ring is 1. The van der Waals surface area contributed by atoms with Gasteiger partial charge in [-0.05, 0) is 36.4 Å².